The van der Waals surface area contributed by atoms with Crippen LogP contribution in [0, 0.1) is 6.92 Å². The standard InChI is InChI=1S/C26H21Cl2N3O6S.Na/c1-3-37-22-10-6-9-19(27)24(22)29-26(33)18-11-15-7-4-5-8-17(15)23(25(18)32)31-30-21-13-16(38(34,35)36)12-20(28)14(21)2;/h4-13,32H,3H2,1-2H3,(H,29,33)(H,34,35,36);/q;+1/p-1. The van der Waals surface area contributed by atoms with Gasteiger partial charge in [0, 0.05) is 16.0 Å². The summed E-state index contributed by atoms with van der Waals surface area (Å²) in [6.45, 7) is 3.69. The third-order valence-electron chi connectivity index (χ3n) is 5.58. The number of nitrogens with zero attached hydrogens (tertiary/aromatic N) is 2. The first-order chi connectivity index (χ1) is 18.0. The van der Waals surface area contributed by atoms with Crippen LogP contribution in [-0.2, 0) is 10.1 Å². The number of fused-ring (bicyclic) bond motifs is 1. The Morgan fingerprint density at radius 2 is 1.77 bits per heavy atom. The summed E-state index contributed by atoms with van der Waals surface area (Å²) in [7, 11) is -4.57. The van der Waals surface area contributed by atoms with Gasteiger partial charge >= 0.3 is 29.6 Å². The molecule has 9 nitrogen and oxygen atoms in total. The van der Waals surface area contributed by atoms with Gasteiger partial charge in [0.25, 0.3) is 16.0 Å². The average Bonchev–Trinajstić information content (AvgIpc) is 2.86. The molecule has 2 N–H and O–H groups in total. The molecular formula is C26H20Cl2N3NaO6S. The minimum Gasteiger partial charge on any atom is -0.870 e. The van der Waals surface area contributed by atoms with Crippen molar-refractivity contribution in [3.8, 4) is 11.5 Å². The normalized spacial score (nSPS) is 11.4. The van der Waals surface area contributed by atoms with Crippen molar-refractivity contribution >= 4 is 67.1 Å². The van der Waals surface area contributed by atoms with E-state index < -0.39 is 26.7 Å². The predicted molar refractivity (Wildman–Crippen MR) is 144 cm³/mol. The maximum Gasteiger partial charge on any atom is 1.00 e. The molecule has 4 rings (SSSR count). The summed E-state index contributed by atoms with van der Waals surface area (Å²) in [5.74, 6) is -1.11. The molecule has 1 amide bonds. The molecule has 196 valence electrons. The number of nitrogens with one attached hydrogen (secondary N) is 1. The van der Waals surface area contributed by atoms with Crippen LogP contribution in [0.1, 0.15) is 22.8 Å². The van der Waals surface area contributed by atoms with Gasteiger partial charge in [-0.3, -0.25) is 9.35 Å². The zero-order chi connectivity index (χ0) is 27.6. The Hall–Kier alpha value is -2.70. The second-order valence-corrected chi connectivity index (χ2v) is 10.3. The van der Waals surface area contributed by atoms with E-state index in [1.165, 1.54) is 6.07 Å². The Labute approximate surface area is 256 Å². The summed E-state index contributed by atoms with van der Waals surface area (Å²) >= 11 is 12.4. The van der Waals surface area contributed by atoms with Gasteiger partial charge in [-0.1, -0.05) is 59.3 Å². The van der Waals surface area contributed by atoms with Gasteiger partial charge < -0.3 is 15.2 Å². The number of hydrogen-bond donors (Lipinski definition) is 2. The number of rotatable bonds is 7. The van der Waals surface area contributed by atoms with Crippen LogP contribution in [-0.4, -0.2) is 25.5 Å². The number of halogens is 2. The van der Waals surface area contributed by atoms with Crippen LogP contribution in [0.5, 0.6) is 11.5 Å². The number of carbonyl (C=O) groups is 1. The first-order valence-corrected chi connectivity index (χ1v) is 13.4. The van der Waals surface area contributed by atoms with Crippen LogP contribution in [0.3, 0.4) is 0 Å². The second kappa shape index (κ2) is 12.6. The quantitative estimate of drug-likeness (QED) is 0.189. The smallest absolute Gasteiger partial charge is 0.870 e. The van der Waals surface area contributed by atoms with Crippen molar-refractivity contribution in [2.45, 2.75) is 18.7 Å². The van der Waals surface area contributed by atoms with Gasteiger partial charge in [-0.05, 0) is 55.1 Å². The number of carbonyl (C=O) groups excluding carboxylic acids is 1. The second-order valence-electron chi connectivity index (χ2n) is 8.05. The van der Waals surface area contributed by atoms with Crippen LogP contribution >= 0.6 is 23.2 Å². The van der Waals surface area contributed by atoms with Gasteiger partial charge in [0.15, 0.2) is 0 Å². The summed E-state index contributed by atoms with van der Waals surface area (Å²) in [6, 6.07) is 15.2. The molecule has 0 atom stereocenters. The Kier molecular flexibility index (Phi) is 10.0. The van der Waals surface area contributed by atoms with Gasteiger partial charge in [0.1, 0.15) is 11.4 Å². The van der Waals surface area contributed by atoms with Crippen molar-refractivity contribution in [2.75, 3.05) is 11.9 Å². The molecule has 13 heteroatoms. The van der Waals surface area contributed by atoms with Gasteiger partial charge in [-0.25, -0.2) is 0 Å². The van der Waals surface area contributed by atoms with Gasteiger partial charge in [-0.15, -0.1) is 0 Å². The minimum absolute atomic E-state index is 0. The number of azo groups is 1. The number of para-hydroxylation sites is 1. The number of hydrogen-bond acceptors (Lipinski definition) is 7. The molecule has 0 unspecified atom stereocenters. The molecule has 39 heavy (non-hydrogen) atoms. The Balaban J connectivity index is 0.00000420. The van der Waals surface area contributed by atoms with Crippen molar-refractivity contribution in [1.29, 1.82) is 0 Å². The Morgan fingerprint density at radius 1 is 1.05 bits per heavy atom. The molecule has 0 fully saturated rings. The van der Waals surface area contributed by atoms with Gasteiger partial charge in [-0.2, -0.15) is 18.6 Å². The van der Waals surface area contributed by atoms with Crippen molar-refractivity contribution in [1.82, 2.24) is 0 Å². The molecule has 0 aromatic heterocycles. The van der Waals surface area contributed by atoms with E-state index in [4.69, 9.17) is 27.9 Å². The first-order valence-electron chi connectivity index (χ1n) is 11.2. The molecule has 0 aliphatic heterocycles. The fraction of sp³-hybridized carbons (Fsp3) is 0.115. The topological polar surface area (TPSA) is 140 Å². The summed E-state index contributed by atoms with van der Waals surface area (Å²) in [6.07, 6.45) is 0. The number of ether oxygens (including phenoxy) is 1. The summed E-state index contributed by atoms with van der Waals surface area (Å²) < 4.78 is 38.2. The third-order valence-corrected chi connectivity index (χ3v) is 7.12. The predicted octanol–water partition coefficient (Wildman–Crippen LogP) is 3.85. The zero-order valence-corrected chi connectivity index (χ0v) is 25.4. The van der Waals surface area contributed by atoms with E-state index in [2.05, 4.69) is 15.5 Å². The molecule has 0 radical (unpaired) electrons. The SMILES string of the molecule is CCOc1cccc(Cl)c1NC(=O)c1cc2ccccc2c(N=Nc2cc(S(=O)(=O)O)cc(Cl)c2C)c1[O-].[Na+]. The van der Waals surface area contributed by atoms with Gasteiger partial charge in [0.2, 0.25) is 0 Å². The fourth-order valence-electron chi connectivity index (χ4n) is 3.66. The van der Waals surface area contributed by atoms with E-state index in [9.17, 15) is 22.9 Å². The van der Waals surface area contributed by atoms with Crippen molar-refractivity contribution in [2.24, 2.45) is 10.2 Å². The van der Waals surface area contributed by atoms with E-state index in [-0.39, 0.29) is 62.2 Å². The monoisotopic (exact) mass is 595 g/mol. The largest absolute Gasteiger partial charge is 1.00 e. The number of anilines is 1. The number of benzene rings is 4. The van der Waals surface area contributed by atoms with Crippen LogP contribution < -0.4 is 44.7 Å². The van der Waals surface area contributed by atoms with Crippen LogP contribution in [0.25, 0.3) is 10.8 Å². The van der Waals surface area contributed by atoms with Crippen LogP contribution in [0.4, 0.5) is 17.1 Å². The maximum atomic E-state index is 13.5. The fourth-order valence-corrected chi connectivity index (χ4v) is 4.68. The molecule has 0 saturated carbocycles. The average molecular weight is 596 g/mol. The minimum atomic E-state index is -4.57. The van der Waals surface area contributed by atoms with E-state index >= 15 is 0 Å². The summed E-state index contributed by atoms with van der Waals surface area (Å²) in [5.41, 5.74) is 0.229. The van der Waals surface area contributed by atoms with E-state index in [0.717, 1.165) is 12.1 Å². The molecular weight excluding hydrogens is 576 g/mol. The van der Waals surface area contributed by atoms with Gasteiger partial charge in [0.05, 0.1) is 27.9 Å². The molecule has 0 aliphatic rings. The molecule has 4 aromatic carbocycles. The first kappa shape index (κ1) is 30.8. The van der Waals surface area contributed by atoms with E-state index in [0.29, 0.717) is 28.7 Å². The van der Waals surface area contributed by atoms with E-state index in [1.807, 2.05) is 0 Å². The van der Waals surface area contributed by atoms with Crippen molar-refractivity contribution in [3.05, 3.63) is 81.8 Å². The Bertz CT molecular complexity index is 1710. The van der Waals surface area contributed by atoms with Crippen molar-refractivity contribution < 1.29 is 57.2 Å². The molecule has 0 saturated heterocycles. The van der Waals surface area contributed by atoms with E-state index in [1.54, 1.807) is 56.3 Å². The Morgan fingerprint density at radius 3 is 2.46 bits per heavy atom. The molecule has 0 aliphatic carbocycles. The molecule has 4 aromatic rings. The third kappa shape index (κ3) is 6.72. The zero-order valence-electron chi connectivity index (χ0n) is 21.0. The summed E-state index contributed by atoms with van der Waals surface area (Å²) in [5, 5.41) is 25.5. The number of amides is 1. The van der Waals surface area contributed by atoms with Crippen molar-refractivity contribution in [3.63, 3.8) is 0 Å². The summed E-state index contributed by atoms with van der Waals surface area (Å²) in [4.78, 5) is 12.8. The maximum absolute atomic E-state index is 13.5. The molecule has 0 heterocycles. The van der Waals surface area contributed by atoms with Crippen LogP contribution in [0.15, 0.2) is 75.8 Å². The van der Waals surface area contributed by atoms with Crippen LogP contribution in [0.2, 0.25) is 10.0 Å². The molecule has 0 spiro atoms. The molecule has 0 bridgehead atoms.